The van der Waals surface area contributed by atoms with Crippen LogP contribution in [0.4, 0.5) is 20.4 Å². The fourth-order valence-corrected chi connectivity index (χ4v) is 1.34. The Kier molecular flexibility index (Phi) is 6.35. The molecule has 0 aromatic carbocycles. The first-order chi connectivity index (χ1) is 8.69. The molecule has 0 unspecified atom stereocenters. The van der Waals surface area contributed by atoms with E-state index in [4.69, 9.17) is 4.74 Å². The third kappa shape index (κ3) is 4.44. The quantitative estimate of drug-likeness (QED) is 0.704. The molecule has 2 N–H and O–H groups in total. The number of rotatable bonds is 8. The number of nitrogens with one attached hydrogen (secondary N) is 2. The maximum atomic E-state index is 13.4. The molecule has 1 aromatic rings. The minimum Gasteiger partial charge on any atom is -0.380 e. The van der Waals surface area contributed by atoms with E-state index in [0.717, 1.165) is 12.5 Å². The molecule has 0 amide bonds. The first-order valence-corrected chi connectivity index (χ1v) is 6.10. The largest absolute Gasteiger partial charge is 0.380 e. The van der Waals surface area contributed by atoms with Crippen molar-refractivity contribution in [1.82, 2.24) is 4.98 Å². The van der Waals surface area contributed by atoms with E-state index in [1.165, 1.54) is 0 Å². The number of aromatic nitrogens is 1. The average molecular weight is 259 g/mol. The van der Waals surface area contributed by atoms with Crippen molar-refractivity contribution >= 4 is 11.6 Å². The highest BCUT2D eigenvalue weighted by Crippen LogP contribution is 2.18. The summed E-state index contributed by atoms with van der Waals surface area (Å²) in [6, 6.07) is 0.827. The summed E-state index contributed by atoms with van der Waals surface area (Å²) in [5, 5.41) is 5.58. The lowest BCUT2D eigenvalue weighted by molar-refractivity contribution is 0.158. The van der Waals surface area contributed by atoms with Gasteiger partial charge in [-0.1, -0.05) is 6.92 Å². The summed E-state index contributed by atoms with van der Waals surface area (Å²) in [6.45, 7) is 5.90. The molecule has 0 aliphatic rings. The highest BCUT2D eigenvalue weighted by Gasteiger charge is 2.10. The standard InChI is InChI=1S/C12H19F2N3O/c1-3-5-15-11-9(13)8-10(14)12(17-11)16-6-7-18-4-2/h8H,3-7H2,1-2H3,(H2,15,16,17). The third-order valence-corrected chi connectivity index (χ3v) is 2.21. The number of hydrogen-bond donors (Lipinski definition) is 2. The van der Waals surface area contributed by atoms with E-state index in [1.54, 1.807) is 0 Å². The van der Waals surface area contributed by atoms with Gasteiger partial charge in [0, 0.05) is 25.8 Å². The van der Waals surface area contributed by atoms with Crippen molar-refractivity contribution in [2.24, 2.45) is 0 Å². The van der Waals surface area contributed by atoms with Crippen LogP contribution in [-0.2, 0) is 4.74 Å². The Labute approximate surface area is 106 Å². The van der Waals surface area contributed by atoms with Crippen LogP contribution in [0.25, 0.3) is 0 Å². The molecule has 0 radical (unpaired) electrons. The molecule has 0 saturated carbocycles. The van der Waals surface area contributed by atoms with E-state index >= 15 is 0 Å². The predicted octanol–water partition coefficient (Wildman–Crippen LogP) is 2.63. The summed E-state index contributed by atoms with van der Waals surface area (Å²) in [6.07, 6.45) is 0.839. The Morgan fingerprint density at radius 1 is 1.11 bits per heavy atom. The van der Waals surface area contributed by atoms with Gasteiger partial charge >= 0.3 is 0 Å². The molecular formula is C12H19F2N3O. The molecule has 102 valence electrons. The number of anilines is 2. The second-order valence-corrected chi connectivity index (χ2v) is 3.70. The number of hydrogen-bond acceptors (Lipinski definition) is 4. The van der Waals surface area contributed by atoms with Crippen molar-refractivity contribution in [3.8, 4) is 0 Å². The molecule has 1 heterocycles. The topological polar surface area (TPSA) is 46.2 Å². The molecule has 18 heavy (non-hydrogen) atoms. The number of halogens is 2. The fraction of sp³-hybridized carbons (Fsp3) is 0.583. The molecule has 0 spiro atoms. The van der Waals surface area contributed by atoms with Crippen LogP contribution in [0.2, 0.25) is 0 Å². The summed E-state index contributed by atoms with van der Waals surface area (Å²) in [4.78, 5) is 3.88. The zero-order valence-corrected chi connectivity index (χ0v) is 10.7. The van der Waals surface area contributed by atoms with Crippen molar-refractivity contribution < 1.29 is 13.5 Å². The van der Waals surface area contributed by atoms with Gasteiger partial charge in [0.15, 0.2) is 23.3 Å². The molecule has 4 nitrogen and oxygen atoms in total. The molecule has 0 aliphatic heterocycles. The lowest BCUT2D eigenvalue weighted by Crippen LogP contribution is -2.13. The Morgan fingerprint density at radius 3 is 2.28 bits per heavy atom. The zero-order chi connectivity index (χ0) is 13.4. The van der Waals surface area contributed by atoms with Gasteiger partial charge in [0.25, 0.3) is 0 Å². The van der Waals surface area contributed by atoms with E-state index in [1.807, 2.05) is 13.8 Å². The van der Waals surface area contributed by atoms with E-state index in [9.17, 15) is 8.78 Å². The van der Waals surface area contributed by atoms with Gasteiger partial charge in [0.2, 0.25) is 0 Å². The number of pyridine rings is 1. The molecule has 0 atom stereocenters. The SMILES string of the molecule is CCCNc1nc(NCCOCC)c(F)cc1F. The van der Waals surface area contributed by atoms with E-state index < -0.39 is 11.6 Å². The van der Waals surface area contributed by atoms with E-state index in [-0.39, 0.29) is 11.6 Å². The van der Waals surface area contributed by atoms with Gasteiger partial charge in [0.1, 0.15) is 0 Å². The number of nitrogens with zero attached hydrogens (tertiary/aromatic N) is 1. The highest BCUT2D eigenvalue weighted by atomic mass is 19.1. The van der Waals surface area contributed by atoms with Crippen LogP contribution in [0, 0.1) is 11.6 Å². The van der Waals surface area contributed by atoms with Crippen LogP contribution in [0.15, 0.2) is 6.07 Å². The summed E-state index contributed by atoms with van der Waals surface area (Å²) < 4.78 is 31.9. The van der Waals surface area contributed by atoms with E-state index in [2.05, 4.69) is 15.6 Å². The summed E-state index contributed by atoms with van der Waals surface area (Å²) in [5.74, 6) is -1.28. The van der Waals surface area contributed by atoms with Gasteiger partial charge in [0.05, 0.1) is 6.61 Å². The third-order valence-electron chi connectivity index (χ3n) is 2.21. The average Bonchev–Trinajstić information content (AvgIpc) is 2.35. The van der Waals surface area contributed by atoms with Gasteiger partial charge in [-0.05, 0) is 13.3 Å². The molecule has 6 heteroatoms. The number of ether oxygens (including phenoxy) is 1. The van der Waals surface area contributed by atoms with Gasteiger partial charge in [-0.15, -0.1) is 0 Å². The summed E-state index contributed by atoms with van der Waals surface area (Å²) >= 11 is 0. The van der Waals surface area contributed by atoms with Gasteiger partial charge < -0.3 is 15.4 Å². The Morgan fingerprint density at radius 2 is 1.72 bits per heavy atom. The molecule has 0 fully saturated rings. The first kappa shape index (κ1) is 14.6. The molecule has 0 saturated heterocycles. The summed E-state index contributed by atoms with van der Waals surface area (Å²) in [7, 11) is 0. The van der Waals surface area contributed by atoms with Gasteiger partial charge in [-0.2, -0.15) is 0 Å². The lowest BCUT2D eigenvalue weighted by Gasteiger charge is -2.10. The van der Waals surface area contributed by atoms with Crippen molar-refractivity contribution in [1.29, 1.82) is 0 Å². The normalized spacial score (nSPS) is 10.4. The Hall–Kier alpha value is -1.43. The second kappa shape index (κ2) is 7.81. The minimum absolute atomic E-state index is 0.0368. The predicted molar refractivity (Wildman–Crippen MR) is 67.9 cm³/mol. The van der Waals surface area contributed by atoms with Gasteiger partial charge in [-0.3, -0.25) is 0 Å². The maximum absolute atomic E-state index is 13.4. The monoisotopic (exact) mass is 259 g/mol. The maximum Gasteiger partial charge on any atom is 0.168 e. The molecule has 1 aromatic heterocycles. The van der Waals surface area contributed by atoms with Crippen LogP contribution in [-0.4, -0.2) is 31.3 Å². The highest BCUT2D eigenvalue weighted by molar-refractivity contribution is 5.47. The summed E-state index contributed by atoms with van der Waals surface area (Å²) in [5.41, 5.74) is 0. The van der Waals surface area contributed by atoms with Crippen LogP contribution in [0.1, 0.15) is 20.3 Å². The second-order valence-electron chi connectivity index (χ2n) is 3.70. The minimum atomic E-state index is -0.703. The first-order valence-electron chi connectivity index (χ1n) is 6.10. The van der Waals surface area contributed by atoms with Crippen molar-refractivity contribution in [3.63, 3.8) is 0 Å². The van der Waals surface area contributed by atoms with Crippen LogP contribution >= 0.6 is 0 Å². The van der Waals surface area contributed by atoms with Crippen molar-refractivity contribution in [3.05, 3.63) is 17.7 Å². The molecular weight excluding hydrogens is 240 g/mol. The zero-order valence-electron chi connectivity index (χ0n) is 10.7. The van der Waals surface area contributed by atoms with Crippen LogP contribution < -0.4 is 10.6 Å². The van der Waals surface area contributed by atoms with Crippen LogP contribution in [0.5, 0.6) is 0 Å². The molecule has 0 bridgehead atoms. The Bertz CT molecular complexity index is 375. The fourth-order valence-electron chi connectivity index (χ4n) is 1.34. The molecule has 1 rings (SSSR count). The lowest BCUT2D eigenvalue weighted by atomic mass is 10.3. The van der Waals surface area contributed by atoms with Crippen molar-refractivity contribution in [2.45, 2.75) is 20.3 Å². The Balaban J connectivity index is 2.65. The van der Waals surface area contributed by atoms with Crippen molar-refractivity contribution in [2.75, 3.05) is 36.9 Å². The smallest absolute Gasteiger partial charge is 0.168 e. The van der Waals surface area contributed by atoms with E-state index in [0.29, 0.717) is 26.3 Å². The van der Waals surface area contributed by atoms with Gasteiger partial charge in [-0.25, -0.2) is 13.8 Å². The molecule has 0 aliphatic carbocycles. The van der Waals surface area contributed by atoms with Crippen LogP contribution in [0.3, 0.4) is 0 Å².